The van der Waals surface area contributed by atoms with Crippen LogP contribution in [0, 0.1) is 0 Å². The second-order valence-corrected chi connectivity index (χ2v) is 6.94. The Kier molecular flexibility index (Phi) is 3.69. The van der Waals surface area contributed by atoms with Crippen LogP contribution >= 0.6 is 0 Å². The van der Waals surface area contributed by atoms with Gasteiger partial charge in [0.15, 0.2) is 0 Å². The molecule has 2 heterocycles. The highest BCUT2D eigenvalue weighted by atomic mass is 32.2. The van der Waals surface area contributed by atoms with Crippen LogP contribution in [0.1, 0.15) is 24.2 Å². The summed E-state index contributed by atoms with van der Waals surface area (Å²) in [6, 6.07) is 13.3. The molecule has 1 aliphatic heterocycles. The van der Waals surface area contributed by atoms with Crippen LogP contribution in [0.5, 0.6) is 0 Å². The average Bonchev–Trinajstić information content (AvgIpc) is 2.96. The SMILES string of the molecule is C[C@@H]1c2cccn2CCN1S(=O)(=O)/C=C/c1ccccc1. The molecule has 2 aromatic rings. The van der Waals surface area contributed by atoms with Crippen molar-refractivity contribution in [3.63, 3.8) is 0 Å². The summed E-state index contributed by atoms with van der Waals surface area (Å²) >= 11 is 0. The molecule has 3 rings (SSSR count). The van der Waals surface area contributed by atoms with Gasteiger partial charge >= 0.3 is 0 Å². The fraction of sp³-hybridized carbons (Fsp3) is 0.250. The lowest BCUT2D eigenvalue weighted by atomic mass is 10.2. The Morgan fingerprint density at radius 2 is 1.86 bits per heavy atom. The van der Waals surface area contributed by atoms with Crippen molar-refractivity contribution in [2.45, 2.75) is 19.5 Å². The van der Waals surface area contributed by atoms with Crippen LogP contribution in [0.25, 0.3) is 6.08 Å². The second kappa shape index (κ2) is 5.50. The van der Waals surface area contributed by atoms with Gasteiger partial charge in [-0.3, -0.25) is 0 Å². The van der Waals surface area contributed by atoms with Gasteiger partial charge in [-0.05, 0) is 30.7 Å². The van der Waals surface area contributed by atoms with Crippen molar-refractivity contribution in [3.8, 4) is 0 Å². The summed E-state index contributed by atoms with van der Waals surface area (Å²) in [5.74, 6) is 0. The van der Waals surface area contributed by atoms with Crippen LogP contribution in [-0.2, 0) is 16.6 Å². The van der Waals surface area contributed by atoms with E-state index in [0.717, 1.165) is 11.3 Å². The van der Waals surface area contributed by atoms with E-state index in [2.05, 4.69) is 4.57 Å². The summed E-state index contributed by atoms with van der Waals surface area (Å²) in [6.45, 7) is 3.13. The molecule has 110 valence electrons. The molecule has 5 heteroatoms. The highest BCUT2D eigenvalue weighted by molar-refractivity contribution is 7.92. The third-order valence-electron chi connectivity index (χ3n) is 3.84. The van der Waals surface area contributed by atoms with Gasteiger partial charge in [0.05, 0.1) is 6.04 Å². The van der Waals surface area contributed by atoms with Crippen LogP contribution in [0.2, 0.25) is 0 Å². The fourth-order valence-electron chi connectivity index (χ4n) is 2.71. The van der Waals surface area contributed by atoms with Crippen LogP contribution < -0.4 is 0 Å². The zero-order valence-electron chi connectivity index (χ0n) is 11.9. The molecule has 0 saturated heterocycles. The van der Waals surface area contributed by atoms with Gasteiger partial charge in [-0.15, -0.1) is 0 Å². The minimum absolute atomic E-state index is 0.140. The Morgan fingerprint density at radius 3 is 2.62 bits per heavy atom. The van der Waals surface area contributed by atoms with Gasteiger partial charge in [0, 0.05) is 30.4 Å². The number of hydrogen-bond acceptors (Lipinski definition) is 2. The zero-order chi connectivity index (χ0) is 14.9. The Balaban J connectivity index is 1.85. The lowest BCUT2D eigenvalue weighted by Crippen LogP contribution is -2.39. The van der Waals surface area contributed by atoms with Crippen molar-refractivity contribution < 1.29 is 8.42 Å². The number of nitrogens with zero attached hydrogens (tertiary/aromatic N) is 2. The molecule has 0 saturated carbocycles. The first kappa shape index (κ1) is 14.1. The van der Waals surface area contributed by atoms with Gasteiger partial charge in [-0.25, -0.2) is 8.42 Å². The monoisotopic (exact) mass is 302 g/mol. The molecular formula is C16H18N2O2S. The highest BCUT2D eigenvalue weighted by Crippen LogP contribution is 2.28. The average molecular weight is 302 g/mol. The first-order valence-electron chi connectivity index (χ1n) is 6.98. The molecule has 1 atom stereocenters. The minimum Gasteiger partial charge on any atom is -0.349 e. The number of fused-ring (bicyclic) bond motifs is 1. The number of sulfonamides is 1. The van der Waals surface area contributed by atoms with E-state index in [4.69, 9.17) is 0 Å². The lowest BCUT2D eigenvalue weighted by Gasteiger charge is -2.32. The second-order valence-electron chi connectivity index (χ2n) is 5.17. The van der Waals surface area contributed by atoms with Crippen molar-refractivity contribution in [3.05, 3.63) is 65.3 Å². The fourth-order valence-corrected chi connectivity index (χ4v) is 4.08. The smallest absolute Gasteiger partial charge is 0.236 e. The maximum absolute atomic E-state index is 12.5. The standard InChI is InChI=1S/C16H18N2O2S/c1-14-16-8-5-10-17(16)11-12-18(14)21(19,20)13-9-15-6-3-2-4-7-15/h2-10,13-14H,11-12H2,1H3/b13-9+/t14-/m1/s1. The molecule has 1 aliphatic rings. The molecule has 1 aromatic heterocycles. The van der Waals surface area contributed by atoms with Crippen LogP contribution in [0.4, 0.5) is 0 Å². The van der Waals surface area contributed by atoms with Crippen molar-refractivity contribution in [2.75, 3.05) is 6.54 Å². The van der Waals surface area contributed by atoms with Gasteiger partial charge in [-0.2, -0.15) is 4.31 Å². The Labute approximate surface area is 125 Å². The van der Waals surface area contributed by atoms with Crippen molar-refractivity contribution in [1.82, 2.24) is 8.87 Å². The summed E-state index contributed by atoms with van der Waals surface area (Å²) in [5.41, 5.74) is 1.92. The summed E-state index contributed by atoms with van der Waals surface area (Å²) in [6.07, 6.45) is 3.64. The number of rotatable bonds is 3. The minimum atomic E-state index is -3.41. The van der Waals surface area contributed by atoms with E-state index in [0.29, 0.717) is 13.1 Å². The van der Waals surface area contributed by atoms with Gasteiger partial charge in [0.1, 0.15) is 0 Å². The maximum Gasteiger partial charge on any atom is 0.236 e. The van der Waals surface area contributed by atoms with E-state index in [-0.39, 0.29) is 6.04 Å². The number of aromatic nitrogens is 1. The largest absolute Gasteiger partial charge is 0.349 e. The highest BCUT2D eigenvalue weighted by Gasteiger charge is 2.30. The molecule has 21 heavy (non-hydrogen) atoms. The quantitative estimate of drug-likeness (QED) is 0.875. The van der Waals surface area contributed by atoms with Crippen molar-refractivity contribution >= 4 is 16.1 Å². The lowest BCUT2D eigenvalue weighted by molar-refractivity contribution is 0.285. The Bertz CT molecular complexity index is 748. The van der Waals surface area contributed by atoms with Gasteiger partial charge in [-0.1, -0.05) is 30.3 Å². The summed E-state index contributed by atoms with van der Waals surface area (Å²) < 4.78 is 28.7. The molecule has 0 aliphatic carbocycles. The predicted octanol–water partition coefficient (Wildman–Crippen LogP) is 2.87. The van der Waals surface area contributed by atoms with Crippen LogP contribution in [0.15, 0.2) is 54.1 Å². The molecule has 4 nitrogen and oxygen atoms in total. The number of benzene rings is 1. The maximum atomic E-state index is 12.5. The zero-order valence-corrected chi connectivity index (χ0v) is 12.7. The summed E-state index contributed by atoms with van der Waals surface area (Å²) in [4.78, 5) is 0. The molecule has 0 fully saturated rings. The molecule has 0 amide bonds. The van der Waals surface area contributed by atoms with Gasteiger partial charge in [0.2, 0.25) is 10.0 Å². The van der Waals surface area contributed by atoms with Gasteiger partial charge < -0.3 is 4.57 Å². The van der Waals surface area contributed by atoms with E-state index in [1.807, 2.05) is 55.6 Å². The summed E-state index contributed by atoms with van der Waals surface area (Å²) in [7, 11) is -3.41. The first-order chi connectivity index (χ1) is 10.1. The van der Waals surface area contributed by atoms with Gasteiger partial charge in [0.25, 0.3) is 0 Å². The van der Waals surface area contributed by atoms with E-state index in [1.54, 1.807) is 10.4 Å². The topological polar surface area (TPSA) is 42.3 Å². The van der Waals surface area contributed by atoms with E-state index < -0.39 is 10.0 Å². The van der Waals surface area contributed by atoms with Crippen LogP contribution in [-0.4, -0.2) is 23.8 Å². The first-order valence-corrected chi connectivity index (χ1v) is 8.48. The number of hydrogen-bond donors (Lipinski definition) is 0. The Hall–Kier alpha value is -1.85. The third kappa shape index (κ3) is 2.80. The predicted molar refractivity (Wildman–Crippen MR) is 83.9 cm³/mol. The normalized spacial score (nSPS) is 19.8. The molecule has 0 spiro atoms. The van der Waals surface area contributed by atoms with E-state index in [1.165, 1.54) is 5.41 Å². The summed E-state index contributed by atoms with van der Waals surface area (Å²) in [5, 5.41) is 1.30. The van der Waals surface area contributed by atoms with E-state index in [9.17, 15) is 8.42 Å². The molecule has 0 unspecified atom stereocenters. The Morgan fingerprint density at radius 1 is 1.10 bits per heavy atom. The third-order valence-corrected chi connectivity index (χ3v) is 5.48. The molecule has 0 bridgehead atoms. The molecular weight excluding hydrogens is 284 g/mol. The van der Waals surface area contributed by atoms with Crippen molar-refractivity contribution in [1.29, 1.82) is 0 Å². The van der Waals surface area contributed by atoms with Crippen molar-refractivity contribution in [2.24, 2.45) is 0 Å². The molecule has 0 radical (unpaired) electrons. The van der Waals surface area contributed by atoms with Crippen LogP contribution in [0.3, 0.4) is 0 Å². The molecule has 0 N–H and O–H groups in total. The molecule has 1 aromatic carbocycles. The van der Waals surface area contributed by atoms with E-state index >= 15 is 0 Å².